The number of fused-ring (bicyclic) bond motifs is 1. The molecule has 0 unspecified atom stereocenters. The summed E-state index contributed by atoms with van der Waals surface area (Å²) in [5.74, 6) is 2.15. The highest BCUT2D eigenvalue weighted by atomic mass is 16.5. The number of hydrogen-bond donors (Lipinski definition) is 0. The standard InChI is InChI=1S/C24H25N5O/c1-30-22-6-2-4-19(14-22)20-7-8-23-26-24(27-29(23)17-20)21-5-3-13-28(16-21)15-18-9-11-25-12-10-18/h2,4,6-12,14,17,21H,3,5,13,15-16H2,1H3/t21-/m1/s1. The molecule has 1 aliphatic rings. The number of rotatable bonds is 5. The lowest BCUT2D eigenvalue weighted by Gasteiger charge is -2.31. The average molecular weight is 399 g/mol. The smallest absolute Gasteiger partial charge is 0.156 e. The zero-order valence-electron chi connectivity index (χ0n) is 17.1. The van der Waals surface area contributed by atoms with E-state index in [1.807, 2.05) is 41.2 Å². The van der Waals surface area contributed by atoms with E-state index in [1.165, 1.54) is 12.0 Å². The first-order valence-electron chi connectivity index (χ1n) is 10.4. The van der Waals surface area contributed by atoms with E-state index in [2.05, 4.69) is 40.3 Å². The van der Waals surface area contributed by atoms with Crippen LogP contribution in [0.25, 0.3) is 16.8 Å². The van der Waals surface area contributed by atoms with E-state index in [-0.39, 0.29) is 0 Å². The molecule has 1 aliphatic heterocycles. The lowest BCUT2D eigenvalue weighted by atomic mass is 9.97. The Labute approximate surface area is 176 Å². The van der Waals surface area contributed by atoms with E-state index in [4.69, 9.17) is 14.8 Å². The third kappa shape index (κ3) is 3.91. The molecule has 1 saturated heterocycles. The maximum absolute atomic E-state index is 5.36. The molecule has 0 bridgehead atoms. The summed E-state index contributed by atoms with van der Waals surface area (Å²) in [5, 5.41) is 4.84. The lowest BCUT2D eigenvalue weighted by molar-refractivity contribution is 0.196. The van der Waals surface area contributed by atoms with Crippen molar-refractivity contribution in [2.24, 2.45) is 0 Å². The molecule has 4 aromatic rings. The molecule has 1 fully saturated rings. The van der Waals surface area contributed by atoms with E-state index in [1.54, 1.807) is 7.11 Å². The Kier molecular flexibility index (Phi) is 5.15. The Bertz CT molecular complexity index is 1140. The van der Waals surface area contributed by atoms with Crippen LogP contribution in [-0.4, -0.2) is 44.7 Å². The predicted molar refractivity (Wildman–Crippen MR) is 116 cm³/mol. The lowest BCUT2D eigenvalue weighted by Crippen LogP contribution is -2.34. The molecule has 0 saturated carbocycles. The number of pyridine rings is 2. The van der Waals surface area contributed by atoms with Gasteiger partial charge >= 0.3 is 0 Å². The van der Waals surface area contributed by atoms with Crippen LogP contribution >= 0.6 is 0 Å². The molecule has 152 valence electrons. The number of likely N-dealkylation sites (tertiary alicyclic amines) is 1. The minimum absolute atomic E-state index is 0.362. The van der Waals surface area contributed by atoms with Crippen molar-refractivity contribution < 1.29 is 4.74 Å². The molecule has 0 amide bonds. The topological polar surface area (TPSA) is 55.5 Å². The first-order chi connectivity index (χ1) is 14.8. The summed E-state index contributed by atoms with van der Waals surface area (Å²) in [6.07, 6.45) is 8.08. The molecule has 0 spiro atoms. The molecule has 0 N–H and O–H groups in total. The van der Waals surface area contributed by atoms with Gasteiger partial charge in [0.2, 0.25) is 0 Å². The number of nitrogens with zero attached hydrogens (tertiary/aromatic N) is 5. The van der Waals surface area contributed by atoms with Crippen molar-refractivity contribution in [2.45, 2.75) is 25.3 Å². The van der Waals surface area contributed by atoms with Crippen molar-refractivity contribution in [3.8, 4) is 16.9 Å². The fourth-order valence-corrected chi connectivity index (χ4v) is 4.20. The number of hydrogen-bond acceptors (Lipinski definition) is 5. The Balaban J connectivity index is 1.36. The first-order valence-corrected chi connectivity index (χ1v) is 10.4. The average Bonchev–Trinajstić information content (AvgIpc) is 3.23. The molecule has 5 rings (SSSR count). The fraction of sp³-hybridized carbons (Fsp3) is 0.292. The van der Waals surface area contributed by atoms with Gasteiger partial charge in [0.05, 0.1) is 7.11 Å². The van der Waals surface area contributed by atoms with Gasteiger partial charge < -0.3 is 4.74 Å². The maximum atomic E-state index is 5.36. The highest BCUT2D eigenvalue weighted by Gasteiger charge is 2.24. The maximum Gasteiger partial charge on any atom is 0.156 e. The summed E-state index contributed by atoms with van der Waals surface area (Å²) in [6.45, 7) is 3.06. The van der Waals surface area contributed by atoms with Crippen molar-refractivity contribution in [2.75, 3.05) is 20.2 Å². The SMILES string of the molecule is COc1cccc(-c2ccc3nc([C@@H]4CCCN(Cc5ccncc5)C4)nn3c2)c1. The first kappa shape index (κ1) is 18.8. The van der Waals surface area contributed by atoms with Gasteiger partial charge in [0.25, 0.3) is 0 Å². The van der Waals surface area contributed by atoms with Crippen molar-refractivity contribution in [1.29, 1.82) is 0 Å². The van der Waals surface area contributed by atoms with Crippen LogP contribution < -0.4 is 4.74 Å². The number of methoxy groups -OCH3 is 1. The Morgan fingerprint density at radius 3 is 2.83 bits per heavy atom. The van der Waals surface area contributed by atoms with Gasteiger partial charge in [0.1, 0.15) is 5.75 Å². The molecule has 0 radical (unpaired) electrons. The zero-order valence-corrected chi connectivity index (χ0v) is 17.1. The van der Waals surface area contributed by atoms with Crippen LogP contribution in [0.1, 0.15) is 30.1 Å². The summed E-state index contributed by atoms with van der Waals surface area (Å²) in [7, 11) is 1.69. The third-order valence-corrected chi connectivity index (χ3v) is 5.78. The second-order valence-electron chi connectivity index (χ2n) is 7.85. The second kappa shape index (κ2) is 8.24. The van der Waals surface area contributed by atoms with Gasteiger partial charge in [-0.3, -0.25) is 9.88 Å². The molecule has 30 heavy (non-hydrogen) atoms. The van der Waals surface area contributed by atoms with Gasteiger partial charge in [-0.2, -0.15) is 5.10 Å². The van der Waals surface area contributed by atoms with Crippen molar-refractivity contribution in [3.63, 3.8) is 0 Å². The van der Waals surface area contributed by atoms with Gasteiger partial charge in [-0.05, 0) is 66.9 Å². The van der Waals surface area contributed by atoms with Gasteiger partial charge in [-0.15, -0.1) is 0 Å². The molecule has 1 aromatic carbocycles. The van der Waals surface area contributed by atoms with E-state index in [9.17, 15) is 0 Å². The fourth-order valence-electron chi connectivity index (χ4n) is 4.20. The third-order valence-electron chi connectivity index (χ3n) is 5.78. The van der Waals surface area contributed by atoms with Crippen LogP contribution in [0, 0.1) is 0 Å². The van der Waals surface area contributed by atoms with Crippen LogP contribution in [-0.2, 0) is 6.54 Å². The number of piperidine rings is 1. The Hall–Kier alpha value is -3.25. The number of benzene rings is 1. The van der Waals surface area contributed by atoms with Crippen LogP contribution in [0.3, 0.4) is 0 Å². The second-order valence-corrected chi connectivity index (χ2v) is 7.85. The molecular weight excluding hydrogens is 374 g/mol. The molecule has 6 heteroatoms. The van der Waals surface area contributed by atoms with Crippen LogP contribution in [0.4, 0.5) is 0 Å². The summed E-state index contributed by atoms with van der Waals surface area (Å²) < 4.78 is 7.27. The highest BCUT2D eigenvalue weighted by molar-refractivity contribution is 5.65. The van der Waals surface area contributed by atoms with E-state index in [0.29, 0.717) is 5.92 Å². The Morgan fingerprint density at radius 1 is 1.07 bits per heavy atom. The molecule has 4 heterocycles. The van der Waals surface area contributed by atoms with E-state index < -0.39 is 0 Å². The van der Waals surface area contributed by atoms with Gasteiger partial charge in [0, 0.05) is 43.2 Å². The zero-order chi connectivity index (χ0) is 20.3. The van der Waals surface area contributed by atoms with Crippen molar-refractivity contribution in [1.82, 2.24) is 24.5 Å². The van der Waals surface area contributed by atoms with Crippen LogP contribution in [0.15, 0.2) is 67.1 Å². The largest absolute Gasteiger partial charge is 0.497 e. The Morgan fingerprint density at radius 2 is 1.97 bits per heavy atom. The molecular formula is C24H25N5O. The summed E-state index contributed by atoms with van der Waals surface area (Å²) in [4.78, 5) is 11.4. The van der Waals surface area contributed by atoms with Crippen molar-refractivity contribution >= 4 is 5.65 Å². The van der Waals surface area contributed by atoms with Crippen molar-refractivity contribution in [3.05, 3.63) is 78.5 Å². The van der Waals surface area contributed by atoms with Gasteiger partial charge in [-0.1, -0.05) is 12.1 Å². The van der Waals surface area contributed by atoms with E-state index in [0.717, 1.165) is 54.4 Å². The van der Waals surface area contributed by atoms with E-state index >= 15 is 0 Å². The monoisotopic (exact) mass is 399 g/mol. The molecule has 1 atom stereocenters. The highest BCUT2D eigenvalue weighted by Crippen LogP contribution is 2.28. The minimum Gasteiger partial charge on any atom is -0.497 e. The van der Waals surface area contributed by atoms with Gasteiger partial charge in [-0.25, -0.2) is 9.50 Å². The molecule has 6 nitrogen and oxygen atoms in total. The number of ether oxygens (including phenoxy) is 1. The van der Waals surface area contributed by atoms with Crippen LogP contribution in [0.2, 0.25) is 0 Å². The summed E-state index contributed by atoms with van der Waals surface area (Å²) >= 11 is 0. The number of aromatic nitrogens is 4. The summed E-state index contributed by atoms with van der Waals surface area (Å²) in [6, 6.07) is 16.4. The quantitative estimate of drug-likeness (QED) is 0.504. The van der Waals surface area contributed by atoms with Crippen LogP contribution in [0.5, 0.6) is 5.75 Å². The normalized spacial score (nSPS) is 17.3. The minimum atomic E-state index is 0.362. The predicted octanol–water partition coefficient (Wildman–Crippen LogP) is 4.18. The summed E-state index contributed by atoms with van der Waals surface area (Å²) in [5.41, 5.74) is 4.40. The molecule has 0 aliphatic carbocycles. The van der Waals surface area contributed by atoms with Gasteiger partial charge in [0.15, 0.2) is 11.5 Å². The molecule has 3 aromatic heterocycles.